The van der Waals surface area contributed by atoms with Crippen molar-refractivity contribution in [2.75, 3.05) is 0 Å². The highest BCUT2D eigenvalue weighted by molar-refractivity contribution is 6.31. The van der Waals surface area contributed by atoms with Crippen LogP contribution in [0, 0.1) is 0 Å². The van der Waals surface area contributed by atoms with E-state index in [0.29, 0.717) is 45.7 Å². The van der Waals surface area contributed by atoms with Crippen molar-refractivity contribution in [1.82, 2.24) is 5.32 Å². The van der Waals surface area contributed by atoms with Gasteiger partial charge in [0.2, 0.25) is 0 Å². The summed E-state index contributed by atoms with van der Waals surface area (Å²) in [6.45, 7) is 1.79. The van der Waals surface area contributed by atoms with Crippen LogP contribution in [0.15, 0.2) is 56.2 Å². The molecule has 32 heavy (non-hydrogen) atoms. The first-order valence-electron chi connectivity index (χ1n) is 11.1. The Bertz CT molecular complexity index is 1250. The first-order valence-corrected chi connectivity index (χ1v) is 11.5. The number of nitrogens with one attached hydrogen (secondary N) is 1. The fraction of sp³-hybridized carbons (Fsp3) is 0.400. The van der Waals surface area contributed by atoms with Crippen molar-refractivity contribution in [3.8, 4) is 0 Å². The van der Waals surface area contributed by atoms with Gasteiger partial charge >= 0.3 is 5.97 Å². The lowest BCUT2D eigenvalue weighted by Gasteiger charge is -2.34. The van der Waals surface area contributed by atoms with Crippen molar-refractivity contribution < 1.29 is 18.7 Å². The number of allylic oxidation sites excluding steroid dienone is 3. The van der Waals surface area contributed by atoms with E-state index in [1.807, 2.05) is 0 Å². The molecule has 7 heteroatoms. The molecule has 3 aliphatic rings. The predicted octanol–water partition coefficient (Wildman–Crippen LogP) is 4.90. The minimum Gasteiger partial charge on any atom is -0.464 e. The van der Waals surface area contributed by atoms with Crippen LogP contribution in [0.3, 0.4) is 0 Å². The molecule has 1 atom stereocenters. The van der Waals surface area contributed by atoms with Crippen molar-refractivity contribution in [2.45, 2.75) is 63.9 Å². The van der Waals surface area contributed by atoms with Crippen LogP contribution in [0.25, 0.3) is 11.0 Å². The van der Waals surface area contributed by atoms with E-state index in [0.717, 1.165) is 37.8 Å². The summed E-state index contributed by atoms with van der Waals surface area (Å²) in [7, 11) is 0. The van der Waals surface area contributed by atoms with Crippen LogP contribution < -0.4 is 10.7 Å². The van der Waals surface area contributed by atoms with Gasteiger partial charge in [0, 0.05) is 34.0 Å². The van der Waals surface area contributed by atoms with E-state index in [1.54, 1.807) is 25.1 Å². The van der Waals surface area contributed by atoms with E-state index in [2.05, 4.69) is 5.32 Å². The molecule has 6 nitrogen and oxygen atoms in total. The number of Topliss-reactive ketones (excluding diaryl/α,β-unsaturated/α-hetero) is 1. The summed E-state index contributed by atoms with van der Waals surface area (Å²) in [5, 5.41) is 3.98. The summed E-state index contributed by atoms with van der Waals surface area (Å²) in [6.07, 6.45) is 6.76. The number of ether oxygens (including phenoxy) is 1. The standard InChI is InChI=1S/C25H24ClNO5/c1-13-21(25(30)32-15-5-2-3-6-15)22(23-18(27-13)7-4-8-19(23)28)17-12-31-20-10-9-14(26)11-16(20)24(17)29/h9-12,15,22,27H,2-8H2,1H3/t22-/m1/s1. The van der Waals surface area contributed by atoms with Crippen molar-refractivity contribution >= 4 is 34.3 Å². The molecule has 0 spiro atoms. The Morgan fingerprint density at radius 2 is 1.94 bits per heavy atom. The molecule has 0 radical (unpaired) electrons. The van der Waals surface area contributed by atoms with Gasteiger partial charge in [-0.3, -0.25) is 9.59 Å². The molecule has 1 fully saturated rings. The molecule has 0 bridgehead atoms. The van der Waals surface area contributed by atoms with Crippen molar-refractivity contribution in [2.24, 2.45) is 0 Å². The van der Waals surface area contributed by atoms with Crippen LogP contribution in [-0.4, -0.2) is 17.9 Å². The second-order valence-corrected chi connectivity index (χ2v) is 9.17. The summed E-state index contributed by atoms with van der Waals surface area (Å²) in [6, 6.07) is 4.84. The Balaban J connectivity index is 1.67. The average Bonchev–Trinajstić information content (AvgIpc) is 3.26. The van der Waals surface area contributed by atoms with E-state index in [9.17, 15) is 14.4 Å². The van der Waals surface area contributed by atoms with Crippen LogP contribution in [0.4, 0.5) is 0 Å². The van der Waals surface area contributed by atoms with Crippen molar-refractivity contribution in [3.63, 3.8) is 0 Å². The van der Waals surface area contributed by atoms with Crippen LogP contribution in [0.1, 0.15) is 63.4 Å². The number of hydrogen-bond donors (Lipinski definition) is 1. The molecule has 1 N–H and O–H groups in total. The van der Waals surface area contributed by atoms with Gasteiger partial charge in [-0.15, -0.1) is 0 Å². The van der Waals surface area contributed by atoms with Crippen LogP contribution in [-0.2, 0) is 14.3 Å². The third-order valence-electron chi connectivity index (χ3n) is 6.64. The van der Waals surface area contributed by atoms with Gasteiger partial charge in [-0.1, -0.05) is 11.6 Å². The molecule has 0 saturated heterocycles. The molecule has 2 heterocycles. The zero-order valence-corrected chi connectivity index (χ0v) is 18.6. The second-order valence-electron chi connectivity index (χ2n) is 8.74. The quantitative estimate of drug-likeness (QED) is 0.665. The highest BCUT2D eigenvalue weighted by Crippen LogP contribution is 2.42. The third kappa shape index (κ3) is 3.56. The summed E-state index contributed by atoms with van der Waals surface area (Å²) in [5.41, 5.74) is 2.50. The molecule has 2 aliphatic carbocycles. The van der Waals surface area contributed by atoms with Crippen LogP contribution >= 0.6 is 11.6 Å². The minimum absolute atomic E-state index is 0.0620. The zero-order valence-electron chi connectivity index (χ0n) is 17.8. The molecule has 166 valence electrons. The Labute approximate surface area is 190 Å². The topological polar surface area (TPSA) is 85.6 Å². The normalized spacial score (nSPS) is 21.7. The molecule has 2 aromatic rings. The summed E-state index contributed by atoms with van der Waals surface area (Å²) in [4.78, 5) is 39.9. The number of hydrogen-bond acceptors (Lipinski definition) is 6. The number of dihydropyridines is 1. The summed E-state index contributed by atoms with van der Waals surface area (Å²) in [5.74, 6) is -1.37. The zero-order chi connectivity index (χ0) is 22.4. The summed E-state index contributed by atoms with van der Waals surface area (Å²) >= 11 is 6.12. The number of carbonyl (C=O) groups is 2. The highest BCUT2D eigenvalue weighted by atomic mass is 35.5. The number of esters is 1. The number of fused-ring (bicyclic) bond motifs is 1. The second kappa shape index (κ2) is 8.24. The number of carbonyl (C=O) groups excluding carboxylic acids is 2. The lowest BCUT2D eigenvalue weighted by molar-refractivity contribution is -0.144. The van der Waals surface area contributed by atoms with E-state index >= 15 is 0 Å². The SMILES string of the molecule is CC1=C(C(=O)OC2CCCC2)[C@@H](c2coc3ccc(Cl)cc3c2=O)C2=C(CCCC2=O)N1. The molecule has 0 unspecified atom stereocenters. The fourth-order valence-corrected chi connectivity index (χ4v) is 5.28. The number of halogens is 1. The van der Waals surface area contributed by atoms with Crippen LogP contribution in [0.5, 0.6) is 0 Å². The molecule has 1 aromatic carbocycles. The molecule has 0 amide bonds. The molecular weight excluding hydrogens is 430 g/mol. The van der Waals surface area contributed by atoms with Gasteiger partial charge in [-0.25, -0.2) is 4.79 Å². The largest absolute Gasteiger partial charge is 0.464 e. The lowest BCUT2D eigenvalue weighted by Crippen LogP contribution is -2.36. The highest BCUT2D eigenvalue weighted by Gasteiger charge is 2.41. The van der Waals surface area contributed by atoms with Crippen LogP contribution in [0.2, 0.25) is 5.02 Å². The fourth-order valence-electron chi connectivity index (χ4n) is 5.10. The van der Waals surface area contributed by atoms with E-state index in [1.165, 1.54) is 6.26 Å². The molecule has 1 aliphatic heterocycles. The molecule has 1 saturated carbocycles. The Hall–Kier alpha value is -2.86. The van der Waals surface area contributed by atoms with Gasteiger partial charge in [0.05, 0.1) is 23.1 Å². The molecule has 5 rings (SSSR count). The van der Waals surface area contributed by atoms with E-state index in [-0.39, 0.29) is 22.9 Å². The van der Waals surface area contributed by atoms with E-state index < -0.39 is 11.9 Å². The van der Waals surface area contributed by atoms with Crippen molar-refractivity contribution in [3.05, 3.63) is 67.8 Å². The number of benzene rings is 1. The Morgan fingerprint density at radius 3 is 2.72 bits per heavy atom. The Kier molecular flexibility index (Phi) is 5.41. The first kappa shape index (κ1) is 21.0. The maximum absolute atomic E-state index is 13.5. The first-order chi connectivity index (χ1) is 15.4. The average molecular weight is 454 g/mol. The Morgan fingerprint density at radius 1 is 1.16 bits per heavy atom. The van der Waals surface area contributed by atoms with Gasteiger partial charge in [0.15, 0.2) is 11.2 Å². The van der Waals surface area contributed by atoms with Crippen molar-refractivity contribution in [1.29, 1.82) is 0 Å². The monoisotopic (exact) mass is 453 g/mol. The maximum Gasteiger partial charge on any atom is 0.337 e. The smallest absolute Gasteiger partial charge is 0.337 e. The van der Waals surface area contributed by atoms with E-state index in [4.69, 9.17) is 20.8 Å². The predicted molar refractivity (Wildman–Crippen MR) is 120 cm³/mol. The van der Waals surface area contributed by atoms with Gasteiger partial charge in [-0.05, 0) is 63.6 Å². The number of ketones is 1. The lowest BCUT2D eigenvalue weighted by atomic mass is 9.75. The van der Waals surface area contributed by atoms with Gasteiger partial charge in [0.25, 0.3) is 0 Å². The summed E-state index contributed by atoms with van der Waals surface area (Å²) < 4.78 is 11.6. The third-order valence-corrected chi connectivity index (χ3v) is 6.88. The maximum atomic E-state index is 13.5. The van der Waals surface area contributed by atoms with Gasteiger partial charge in [0.1, 0.15) is 11.7 Å². The van der Waals surface area contributed by atoms with Gasteiger partial charge in [-0.2, -0.15) is 0 Å². The van der Waals surface area contributed by atoms with Gasteiger partial charge < -0.3 is 14.5 Å². The molecular formula is C25H24ClNO5. The number of rotatable bonds is 3. The minimum atomic E-state index is -0.826. The molecule has 1 aromatic heterocycles.